The van der Waals surface area contributed by atoms with E-state index in [1.54, 1.807) is 4.68 Å². The molecule has 19 heavy (non-hydrogen) atoms. The van der Waals surface area contributed by atoms with Crippen LogP contribution in [0.2, 0.25) is 0 Å². The Kier molecular flexibility index (Phi) is 4.58. The van der Waals surface area contributed by atoms with Crippen molar-refractivity contribution in [3.05, 3.63) is 17.5 Å². The maximum Gasteiger partial charge on any atom is 0.269 e. The standard InChI is InChI=1S/C14H24N4O/c1-4-11-9-13(18(5-2)17-11)14(19)16-12-6-7-15-10(3)8-12/h9-10,12,15H,4-8H2,1-3H3,(H,16,19). The number of aryl methyl sites for hydroxylation is 2. The highest BCUT2D eigenvalue weighted by Crippen LogP contribution is 2.11. The Morgan fingerprint density at radius 1 is 1.58 bits per heavy atom. The number of nitrogens with zero attached hydrogens (tertiary/aromatic N) is 2. The van der Waals surface area contributed by atoms with Gasteiger partial charge in [0.25, 0.3) is 5.91 Å². The highest BCUT2D eigenvalue weighted by molar-refractivity contribution is 5.92. The first-order valence-electron chi connectivity index (χ1n) is 7.25. The third kappa shape index (κ3) is 3.35. The Balaban J connectivity index is 2.04. The number of hydrogen-bond donors (Lipinski definition) is 2. The second-order valence-electron chi connectivity index (χ2n) is 5.24. The number of hydrogen-bond acceptors (Lipinski definition) is 3. The molecule has 2 heterocycles. The fourth-order valence-corrected chi connectivity index (χ4v) is 2.59. The molecule has 1 fully saturated rings. The summed E-state index contributed by atoms with van der Waals surface area (Å²) in [5, 5.41) is 10.9. The van der Waals surface area contributed by atoms with Crippen molar-refractivity contribution >= 4 is 5.91 Å². The molecule has 1 amide bonds. The summed E-state index contributed by atoms with van der Waals surface area (Å²) in [6.07, 6.45) is 2.85. The molecule has 2 N–H and O–H groups in total. The van der Waals surface area contributed by atoms with Crippen LogP contribution in [0, 0.1) is 0 Å². The van der Waals surface area contributed by atoms with E-state index in [4.69, 9.17) is 0 Å². The quantitative estimate of drug-likeness (QED) is 0.862. The highest BCUT2D eigenvalue weighted by Gasteiger charge is 2.22. The molecular formula is C14H24N4O. The molecule has 5 nitrogen and oxygen atoms in total. The van der Waals surface area contributed by atoms with Crippen LogP contribution >= 0.6 is 0 Å². The first-order chi connectivity index (χ1) is 9.13. The van der Waals surface area contributed by atoms with Gasteiger partial charge in [-0.3, -0.25) is 9.48 Å². The molecule has 0 aliphatic carbocycles. The predicted octanol–water partition coefficient (Wildman–Crippen LogP) is 1.34. The van der Waals surface area contributed by atoms with Crippen molar-refractivity contribution in [3.8, 4) is 0 Å². The second kappa shape index (κ2) is 6.19. The van der Waals surface area contributed by atoms with E-state index in [9.17, 15) is 4.79 Å². The van der Waals surface area contributed by atoms with Crippen molar-refractivity contribution in [2.24, 2.45) is 0 Å². The highest BCUT2D eigenvalue weighted by atomic mass is 16.2. The fraction of sp³-hybridized carbons (Fsp3) is 0.714. The molecule has 106 valence electrons. The van der Waals surface area contributed by atoms with E-state index in [2.05, 4.69) is 29.6 Å². The summed E-state index contributed by atoms with van der Waals surface area (Å²) in [5.74, 6) is 0.00755. The minimum Gasteiger partial charge on any atom is -0.348 e. The molecular weight excluding hydrogens is 240 g/mol. The molecule has 0 bridgehead atoms. The molecule has 1 aromatic heterocycles. The largest absolute Gasteiger partial charge is 0.348 e. The Bertz CT molecular complexity index is 441. The summed E-state index contributed by atoms with van der Waals surface area (Å²) in [6.45, 7) is 7.92. The van der Waals surface area contributed by atoms with Gasteiger partial charge in [0.1, 0.15) is 5.69 Å². The van der Waals surface area contributed by atoms with Gasteiger partial charge in [-0.2, -0.15) is 5.10 Å². The molecule has 0 saturated carbocycles. The average molecular weight is 264 g/mol. The zero-order chi connectivity index (χ0) is 13.8. The Morgan fingerprint density at radius 2 is 2.37 bits per heavy atom. The smallest absolute Gasteiger partial charge is 0.269 e. The predicted molar refractivity (Wildman–Crippen MR) is 75.2 cm³/mol. The summed E-state index contributed by atoms with van der Waals surface area (Å²) in [5.41, 5.74) is 1.66. The molecule has 1 aromatic rings. The fourth-order valence-electron chi connectivity index (χ4n) is 2.59. The van der Waals surface area contributed by atoms with Gasteiger partial charge in [0.05, 0.1) is 5.69 Å². The van der Waals surface area contributed by atoms with Gasteiger partial charge in [0, 0.05) is 18.6 Å². The monoisotopic (exact) mass is 264 g/mol. The lowest BCUT2D eigenvalue weighted by atomic mass is 10.0. The first kappa shape index (κ1) is 14.1. The van der Waals surface area contributed by atoms with Crippen LogP contribution in [0.1, 0.15) is 49.8 Å². The Labute approximate surface area is 114 Å². The Hall–Kier alpha value is -1.36. The van der Waals surface area contributed by atoms with E-state index in [-0.39, 0.29) is 11.9 Å². The number of amides is 1. The lowest BCUT2D eigenvalue weighted by Gasteiger charge is -2.28. The average Bonchev–Trinajstić information content (AvgIpc) is 2.82. The van der Waals surface area contributed by atoms with Gasteiger partial charge in [0.15, 0.2) is 0 Å². The minimum absolute atomic E-state index is 0.00755. The zero-order valence-corrected chi connectivity index (χ0v) is 12.1. The number of piperidine rings is 1. The van der Waals surface area contributed by atoms with Crippen LogP contribution < -0.4 is 10.6 Å². The lowest BCUT2D eigenvalue weighted by Crippen LogP contribution is -2.46. The van der Waals surface area contributed by atoms with Crippen LogP contribution in [-0.4, -0.2) is 34.3 Å². The number of carbonyl (C=O) groups is 1. The molecule has 2 atom stereocenters. The third-order valence-electron chi connectivity index (χ3n) is 3.68. The van der Waals surface area contributed by atoms with E-state index in [1.165, 1.54) is 0 Å². The van der Waals surface area contributed by atoms with Crippen molar-refractivity contribution in [3.63, 3.8) is 0 Å². The number of nitrogens with one attached hydrogen (secondary N) is 2. The van der Waals surface area contributed by atoms with Crippen molar-refractivity contribution in [1.82, 2.24) is 20.4 Å². The van der Waals surface area contributed by atoms with Crippen LogP contribution in [0.25, 0.3) is 0 Å². The molecule has 1 aliphatic rings. The first-order valence-corrected chi connectivity index (χ1v) is 7.25. The summed E-state index contributed by atoms with van der Waals surface area (Å²) in [4.78, 5) is 12.3. The van der Waals surface area contributed by atoms with E-state index < -0.39 is 0 Å². The van der Waals surface area contributed by atoms with E-state index in [0.29, 0.717) is 11.7 Å². The van der Waals surface area contributed by atoms with Gasteiger partial charge < -0.3 is 10.6 Å². The van der Waals surface area contributed by atoms with Crippen LogP contribution in [0.5, 0.6) is 0 Å². The van der Waals surface area contributed by atoms with Gasteiger partial charge in [-0.05, 0) is 45.7 Å². The molecule has 2 rings (SSSR count). The van der Waals surface area contributed by atoms with Gasteiger partial charge >= 0.3 is 0 Å². The maximum absolute atomic E-state index is 12.3. The third-order valence-corrected chi connectivity index (χ3v) is 3.68. The molecule has 1 saturated heterocycles. The van der Waals surface area contributed by atoms with Gasteiger partial charge in [-0.25, -0.2) is 0 Å². The molecule has 1 aliphatic heterocycles. The number of carbonyl (C=O) groups excluding carboxylic acids is 1. The summed E-state index contributed by atoms with van der Waals surface area (Å²) < 4.78 is 1.79. The van der Waals surface area contributed by atoms with Crippen molar-refractivity contribution in [2.45, 2.75) is 58.7 Å². The molecule has 0 radical (unpaired) electrons. The molecule has 0 spiro atoms. The van der Waals surface area contributed by atoms with E-state index >= 15 is 0 Å². The summed E-state index contributed by atoms with van der Waals surface area (Å²) in [6, 6.07) is 2.65. The van der Waals surface area contributed by atoms with Gasteiger partial charge in [-0.15, -0.1) is 0 Å². The minimum atomic E-state index is 0.00755. The lowest BCUT2D eigenvalue weighted by molar-refractivity contribution is 0.0915. The normalized spacial score (nSPS) is 23.3. The van der Waals surface area contributed by atoms with E-state index in [0.717, 1.165) is 38.0 Å². The topological polar surface area (TPSA) is 59.0 Å². The molecule has 5 heteroatoms. The zero-order valence-electron chi connectivity index (χ0n) is 12.1. The second-order valence-corrected chi connectivity index (χ2v) is 5.24. The maximum atomic E-state index is 12.3. The van der Waals surface area contributed by atoms with E-state index in [1.807, 2.05) is 13.0 Å². The van der Waals surface area contributed by atoms with Crippen LogP contribution in [0.15, 0.2) is 6.07 Å². The van der Waals surface area contributed by atoms with Crippen LogP contribution in [-0.2, 0) is 13.0 Å². The SMILES string of the molecule is CCc1cc(C(=O)NC2CCNC(C)C2)n(CC)n1. The van der Waals surface area contributed by atoms with Crippen molar-refractivity contribution in [1.29, 1.82) is 0 Å². The van der Waals surface area contributed by atoms with Crippen LogP contribution in [0.3, 0.4) is 0 Å². The van der Waals surface area contributed by atoms with Gasteiger partial charge in [0.2, 0.25) is 0 Å². The summed E-state index contributed by atoms with van der Waals surface area (Å²) in [7, 11) is 0. The summed E-state index contributed by atoms with van der Waals surface area (Å²) >= 11 is 0. The Morgan fingerprint density at radius 3 is 3.00 bits per heavy atom. The molecule has 2 unspecified atom stereocenters. The van der Waals surface area contributed by atoms with Crippen molar-refractivity contribution < 1.29 is 4.79 Å². The van der Waals surface area contributed by atoms with Gasteiger partial charge in [-0.1, -0.05) is 6.92 Å². The molecule has 0 aromatic carbocycles. The van der Waals surface area contributed by atoms with Crippen molar-refractivity contribution in [2.75, 3.05) is 6.54 Å². The van der Waals surface area contributed by atoms with Crippen LogP contribution in [0.4, 0.5) is 0 Å². The number of aromatic nitrogens is 2. The number of rotatable bonds is 4.